The lowest BCUT2D eigenvalue weighted by Crippen LogP contribution is -2.38. The Labute approximate surface area is 174 Å². The van der Waals surface area contributed by atoms with Gasteiger partial charge in [0.2, 0.25) is 0 Å². The molecule has 168 valence electrons. The van der Waals surface area contributed by atoms with Gasteiger partial charge in [-0.15, -0.1) is 6.42 Å². The van der Waals surface area contributed by atoms with Crippen LogP contribution >= 0.6 is 7.60 Å². The molecule has 0 aromatic carbocycles. The van der Waals surface area contributed by atoms with Crippen LogP contribution in [0.15, 0.2) is 4.79 Å². The topological polar surface area (TPSA) is 142 Å². The fourth-order valence-electron chi connectivity index (χ4n) is 3.26. The highest BCUT2D eigenvalue weighted by Gasteiger charge is 2.50. The van der Waals surface area contributed by atoms with Crippen molar-refractivity contribution in [2.45, 2.75) is 82.9 Å². The molecule has 1 aromatic heterocycles. The Morgan fingerprint density at radius 3 is 2.67 bits per heavy atom. The normalized spacial score (nSPS) is 29.0. The number of hydrogen-bond donors (Lipinski definition) is 4. The Morgan fingerprint density at radius 2 is 2.13 bits per heavy atom. The van der Waals surface area contributed by atoms with Gasteiger partial charge in [0.25, 0.3) is 5.56 Å². The van der Waals surface area contributed by atoms with Crippen molar-refractivity contribution in [1.82, 2.24) is 9.97 Å². The van der Waals surface area contributed by atoms with Crippen molar-refractivity contribution >= 4 is 7.60 Å². The van der Waals surface area contributed by atoms with E-state index in [1.54, 1.807) is 6.92 Å². The zero-order valence-electron chi connectivity index (χ0n) is 17.3. The summed E-state index contributed by atoms with van der Waals surface area (Å²) in [6.07, 6.45) is -0.431. The summed E-state index contributed by atoms with van der Waals surface area (Å²) >= 11 is 0. The molecule has 1 saturated heterocycles. The third kappa shape index (κ3) is 4.99. The van der Waals surface area contributed by atoms with E-state index in [1.807, 2.05) is 0 Å². The number of ether oxygens (including phenoxy) is 1. The number of aromatic nitrogens is 2. The molecular weight excluding hydrogens is 418 g/mol. The van der Waals surface area contributed by atoms with Gasteiger partial charge in [-0.2, -0.15) is 0 Å². The van der Waals surface area contributed by atoms with Crippen molar-refractivity contribution in [2.24, 2.45) is 0 Å². The maximum atomic E-state index is 14.9. The van der Waals surface area contributed by atoms with Gasteiger partial charge in [-0.1, -0.05) is 19.8 Å². The summed E-state index contributed by atoms with van der Waals surface area (Å²) in [6.45, 7) is 6.17. The lowest BCUT2D eigenvalue weighted by atomic mass is 9.92. The molecule has 1 aliphatic heterocycles. The van der Waals surface area contributed by atoms with E-state index in [1.165, 1.54) is 20.8 Å². The average molecular weight is 446 g/mol. The van der Waals surface area contributed by atoms with Crippen molar-refractivity contribution in [2.75, 3.05) is 0 Å². The minimum Gasteiger partial charge on any atom is -0.387 e. The standard InChI is InChI=1S/C19H28FN2O7P/c1-6-11-15(21-10(4)18(25)22-11)17-14(20)16(24)12(28-17)9-19(5,8-3)29-30(26,27)13(23)7-2/h1,12-14,16-17,23-24H,7-9H2,2-5H3,(H,22,25)(H,26,27)/t12-,13?,14+,16?,17-,19?/m1/s1. The Bertz CT molecular complexity index is 917. The average Bonchev–Trinajstić information content (AvgIpc) is 2.96. The van der Waals surface area contributed by atoms with Gasteiger partial charge in [0.15, 0.2) is 12.0 Å². The molecule has 1 aliphatic rings. The molecule has 0 bridgehead atoms. The third-order valence-corrected chi connectivity index (χ3v) is 7.14. The van der Waals surface area contributed by atoms with Crippen LogP contribution in [-0.2, 0) is 13.8 Å². The van der Waals surface area contributed by atoms with Gasteiger partial charge in [0.1, 0.15) is 29.3 Å². The number of aliphatic hydroxyl groups excluding tert-OH is 2. The minimum absolute atomic E-state index is 0.0108. The number of aromatic amines is 1. The van der Waals surface area contributed by atoms with Crippen LogP contribution in [0.1, 0.15) is 63.2 Å². The first-order chi connectivity index (χ1) is 13.9. The molecule has 1 fully saturated rings. The predicted molar refractivity (Wildman–Crippen MR) is 107 cm³/mol. The van der Waals surface area contributed by atoms with Crippen LogP contribution in [0.25, 0.3) is 0 Å². The minimum atomic E-state index is -4.37. The van der Waals surface area contributed by atoms with Gasteiger partial charge < -0.3 is 29.4 Å². The lowest BCUT2D eigenvalue weighted by molar-refractivity contribution is -0.0502. The number of nitrogens with zero attached hydrogens (tertiary/aromatic N) is 1. The summed E-state index contributed by atoms with van der Waals surface area (Å²) in [5.41, 5.74) is -1.81. The van der Waals surface area contributed by atoms with Crippen LogP contribution in [0, 0.1) is 19.3 Å². The second-order valence-corrected chi connectivity index (χ2v) is 9.54. The number of rotatable bonds is 8. The summed E-state index contributed by atoms with van der Waals surface area (Å²) in [7, 11) is -4.37. The molecule has 0 amide bonds. The Balaban J connectivity index is 2.29. The van der Waals surface area contributed by atoms with Crippen LogP contribution in [0.2, 0.25) is 0 Å². The van der Waals surface area contributed by atoms with Gasteiger partial charge >= 0.3 is 7.60 Å². The Morgan fingerprint density at radius 1 is 1.50 bits per heavy atom. The fraction of sp³-hybridized carbons (Fsp3) is 0.684. The number of hydrogen-bond acceptors (Lipinski definition) is 7. The molecular formula is C19H28FN2O7P. The van der Waals surface area contributed by atoms with Gasteiger partial charge in [0.05, 0.1) is 11.7 Å². The highest BCUT2D eigenvalue weighted by atomic mass is 31.2. The van der Waals surface area contributed by atoms with Crippen LogP contribution in [-0.4, -0.2) is 54.9 Å². The highest BCUT2D eigenvalue weighted by molar-refractivity contribution is 7.53. The molecule has 4 N–H and O–H groups in total. The maximum absolute atomic E-state index is 14.9. The molecule has 4 unspecified atom stereocenters. The fourth-order valence-corrected chi connectivity index (χ4v) is 4.68. The number of H-pyrrole nitrogens is 1. The molecule has 7 atom stereocenters. The summed E-state index contributed by atoms with van der Waals surface area (Å²) in [5.74, 6) is 0.667. The number of alkyl halides is 1. The van der Waals surface area contributed by atoms with Crippen LogP contribution in [0.4, 0.5) is 4.39 Å². The lowest BCUT2D eigenvalue weighted by Gasteiger charge is -2.34. The molecule has 1 aromatic rings. The first-order valence-electron chi connectivity index (χ1n) is 9.65. The summed E-state index contributed by atoms with van der Waals surface area (Å²) in [4.78, 5) is 28.2. The largest absolute Gasteiger partial charge is 0.387 e. The zero-order valence-corrected chi connectivity index (χ0v) is 18.2. The van der Waals surface area contributed by atoms with Gasteiger partial charge in [-0.25, -0.2) is 9.37 Å². The van der Waals surface area contributed by atoms with Crippen LogP contribution in [0.3, 0.4) is 0 Å². The number of aliphatic hydroxyl groups is 2. The summed E-state index contributed by atoms with van der Waals surface area (Å²) in [6, 6.07) is 0. The Kier molecular flexibility index (Phi) is 7.62. The number of terminal acetylenes is 1. The van der Waals surface area contributed by atoms with E-state index in [0.717, 1.165) is 0 Å². The molecule has 11 heteroatoms. The molecule has 2 heterocycles. The SMILES string of the molecule is C#Cc1[nH]c(=O)c(C)nc1[C@@H]1O[C@H](CC(C)(CC)OP(=O)(O)C(O)CC)C(O)[C@@H]1F. The Hall–Kier alpha value is -1.60. The first kappa shape index (κ1) is 24.7. The van der Waals surface area contributed by atoms with E-state index in [2.05, 4.69) is 15.9 Å². The molecule has 9 nitrogen and oxygen atoms in total. The smallest absolute Gasteiger partial charge is 0.356 e. The van der Waals surface area contributed by atoms with E-state index < -0.39 is 49.1 Å². The van der Waals surface area contributed by atoms with Gasteiger partial charge in [-0.3, -0.25) is 9.36 Å². The van der Waals surface area contributed by atoms with Gasteiger partial charge in [-0.05, 0) is 26.7 Å². The maximum Gasteiger partial charge on any atom is 0.356 e. The zero-order chi connectivity index (χ0) is 22.9. The third-order valence-electron chi connectivity index (χ3n) is 5.32. The summed E-state index contributed by atoms with van der Waals surface area (Å²) < 4.78 is 38.3. The van der Waals surface area contributed by atoms with E-state index in [-0.39, 0.29) is 36.3 Å². The molecule has 0 radical (unpaired) electrons. The van der Waals surface area contributed by atoms with Crippen LogP contribution < -0.4 is 5.56 Å². The molecule has 2 rings (SSSR count). The number of halogens is 1. The van der Waals surface area contributed by atoms with Crippen molar-refractivity contribution in [3.05, 3.63) is 27.4 Å². The van der Waals surface area contributed by atoms with Crippen molar-refractivity contribution in [3.63, 3.8) is 0 Å². The highest BCUT2D eigenvalue weighted by Crippen LogP contribution is 2.53. The second kappa shape index (κ2) is 9.27. The van der Waals surface area contributed by atoms with Crippen LogP contribution in [0.5, 0.6) is 0 Å². The monoisotopic (exact) mass is 446 g/mol. The molecule has 0 saturated carbocycles. The van der Waals surface area contributed by atoms with Crippen molar-refractivity contribution in [1.29, 1.82) is 0 Å². The second-order valence-electron chi connectivity index (χ2n) is 7.64. The van der Waals surface area contributed by atoms with Crippen molar-refractivity contribution < 1.29 is 33.3 Å². The number of nitrogens with one attached hydrogen (secondary N) is 1. The van der Waals surface area contributed by atoms with E-state index in [4.69, 9.17) is 15.7 Å². The van der Waals surface area contributed by atoms with Gasteiger partial charge in [0, 0.05) is 6.42 Å². The quantitative estimate of drug-likeness (QED) is 0.349. The molecule has 0 spiro atoms. The number of aryl methyl sites for hydroxylation is 1. The summed E-state index contributed by atoms with van der Waals surface area (Å²) in [5, 5.41) is 20.2. The van der Waals surface area contributed by atoms with E-state index in [9.17, 15) is 28.9 Å². The van der Waals surface area contributed by atoms with Crippen molar-refractivity contribution in [3.8, 4) is 12.3 Å². The molecule has 30 heavy (non-hydrogen) atoms. The van der Waals surface area contributed by atoms with E-state index in [0.29, 0.717) is 0 Å². The predicted octanol–water partition coefficient (Wildman–Crippen LogP) is 1.69. The first-order valence-corrected chi connectivity index (χ1v) is 11.3. The molecule has 0 aliphatic carbocycles. The van der Waals surface area contributed by atoms with E-state index >= 15 is 0 Å².